The van der Waals surface area contributed by atoms with Crippen molar-refractivity contribution in [2.75, 3.05) is 13.7 Å². The molecule has 0 aromatic heterocycles. The molecule has 0 amide bonds. The summed E-state index contributed by atoms with van der Waals surface area (Å²) in [5.41, 5.74) is 1.29. The smallest absolute Gasteiger partial charge is 0.118 e. The van der Waals surface area contributed by atoms with Crippen LogP contribution in [0, 0.1) is 0 Å². The lowest BCUT2D eigenvalue weighted by molar-refractivity contribution is 0.104. The first-order valence-electron chi connectivity index (χ1n) is 5.69. The Kier molecular flexibility index (Phi) is 4.24. The first-order chi connectivity index (χ1) is 7.79. The summed E-state index contributed by atoms with van der Waals surface area (Å²) in [6.07, 6.45) is 3.86. The number of hydrogen-bond acceptors (Lipinski definition) is 2. The van der Waals surface area contributed by atoms with Crippen molar-refractivity contribution in [3.63, 3.8) is 0 Å². The van der Waals surface area contributed by atoms with E-state index < -0.39 is 0 Å². The van der Waals surface area contributed by atoms with Gasteiger partial charge in [0.15, 0.2) is 0 Å². The first kappa shape index (κ1) is 11.9. The predicted octanol–water partition coefficient (Wildman–Crippen LogP) is 3.70. The molecular weight excluding hydrogens is 268 g/mol. The van der Waals surface area contributed by atoms with Crippen LogP contribution in [-0.2, 0) is 4.74 Å². The maximum Gasteiger partial charge on any atom is 0.118 e. The van der Waals surface area contributed by atoms with E-state index in [1.807, 2.05) is 12.1 Å². The average Bonchev–Trinajstić information content (AvgIpc) is 2.82. The molecule has 1 saturated heterocycles. The highest BCUT2D eigenvalue weighted by atomic mass is 79.9. The molecule has 16 heavy (non-hydrogen) atoms. The van der Waals surface area contributed by atoms with E-state index in [1.54, 1.807) is 7.11 Å². The van der Waals surface area contributed by atoms with Crippen LogP contribution in [0.4, 0.5) is 0 Å². The van der Waals surface area contributed by atoms with E-state index in [2.05, 4.69) is 28.1 Å². The quantitative estimate of drug-likeness (QED) is 0.785. The lowest BCUT2D eigenvalue weighted by Gasteiger charge is -2.15. The van der Waals surface area contributed by atoms with E-state index in [-0.39, 0.29) is 0 Å². The molecule has 1 aromatic carbocycles. The molecule has 1 heterocycles. The molecule has 2 nitrogen and oxygen atoms in total. The normalized spacial score (nSPS) is 22.0. The van der Waals surface area contributed by atoms with E-state index >= 15 is 0 Å². The van der Waals surface area contributed by atoms with Crippen LogP contribution in [0.3, 0.4) is 0 Å². The van der Waals surface area contributed by atoms with Crippen molar-refractivity contribution in [2.24, 2.45) is 0 Å². The van der Waals surface area contributed by atoms with Gasteiger partial charge in [-0.25, -0.2) is 0 Å². The molecule has 0 spiro atoms. The summed E-state index contributed by atoms with van der Waals surface area (Å²) in [4.78, 5) is 0.376. The number of rotatable bonds is 4. The molecule has 3 heteroatoms. The Morgan fingerprint density at radius 3 is 2.75 bits per heavy atom. The number of methoxy groups -OCH3 is 1. The molecule has 1 aromatic rings. The SMILES string of the molecule is COc1ccc(C(Br)CC2CCCO2)cc1. The molecule has 0 radical (unpaired) electrons. The fourth-order valence-corrected chi connectivity index (χ4v) is 2.73. The molecular formula is C13H17BrO2. The third-order valence-electron chi connectivity index (χ3n) is 2.97. The van der Waals surface area contributed by atoms with E-state index in [9.17, 15) is 0 Å². The van der Waals surface area contributed by atoms with Gasteiger partial charge in [-0.3, -0.25) is 0 Å². The molecule has 0 bridgehead atoms. The summed E-state index contributed by atoms with van der Waals surface area (Å²) in [5, 5.41) is 0. The number of hydrogen-bond donors (Lipinski definition) is 0. The summed E-state index contributed by atoms with van der Waals surface area (Å²) in [5.74, 6) is 0.903. The second-order valence-corrected chi connectivity index (χ2v) is 5.22. The van der Waals surface area contributed by atoms with Crippen LogP contribution >= 0.6 is 15.9 Å². The van der Waals surface area contributed by atoms with E-state index in [0.29, 0.717) is 10.9 Å². The molecule has 1 fully saturated rings. The minimum Gasteiger partial charge on any atom is -0.497 e. The summed E-state index contributed by atoms with van der Waals surface area (Å²) >= 11 is 3.72. The van der Waals surface area contributed by atoms with Crippen molar-refractivity contribution in [1.29, 1.82) is 0 Å². The fourth-order valence-electron chi connectivity index (χ4n) is 2.01. The van der Waals surface area contributed by atoms with Gasteiger partial charge in [0.25, 0.3) is 0 Å². The van der Waals surface area contributed by atoms with Crippen molar-refractivity contribution in [1.82, 2.24) is 0 Å². The van der Waals surface area contributed by atoms with Gasteiger partial charge in [-0.15, -0.1) is 0 Å². The molecule has 1 aliphatic rings. The minimum absolute atomic E-state index is 0.376. The van der Waals surface area contributed by atoms with Crippen LogP contribution in [0.1, 0.15) is 29.7 Å². The third-order valence-corrected chi connectivity index (χ3v) is 3.87. The Hall–Kier alpha value is -0.540. The van der Waals surface area contributed by atoms with Gasteiger partial charge in [-0.1, -0.05) is 28.1 Å². The summed E-state index contributed by atoms with van der Waals surface area (Å²) < 4.78 is 10.8. The van der Waals surface area contributed by atoms with Gasteiger partial charge >= 0.3 is 0 Å². The van der Waals surface area contributed by atoms with Crippen LogP contribution in [0.2, 0.25) is 0 Å². The molecule has 2 rings (SSSR count). The fraction of sp³-hybridized carbons (Fsp3) is 0.538. The zero-order valence-electron chi connectivity index (χ0n) is 9.49. The summed E-state index contributed by atoms with van der Waals surface area (Å²) in [7, 11) is 1.69. The molecule has 2 atom stereocenters. The van der Waals surface area contributed by atoms with Gasteiger partial charge in [0, 0.05) is 11.4 Å². The Bertz CT molecular complexity index is 317. The third kappa shape index (κ3) is 2.98. The standard InChI is InChI=1S/C13H17BrO2/c1-15-11-6-4-10(5-7-11)13(14)9-12-3-2-8-16-12/h4-7,12-13H,2-3,8-9H2,1H3. The summed E-state index contributed by atoms with van der Waals surface area (Å²) in [6, 6.07) is 8.21. The van der Waals surface area contributed by atoms with Gasteiger partial charge in [-0.05, 0) is 37.0 Å². The highest BCUT2D eigenvalue weighted by Gasteiger charge is 2.20. The molecule has 0 saturated carbocycles. The van der Waals surface area contributed by atoms with Crippen LogP contribution in [0.25, 0.3) is 0 Å². The Labute approximate surface area is 105 Å². The summed E-state index contributed by atoms with van der Waals surface area (Å²) in [6.45, 7) is 0.924. The maximum absolute atomic E-state index is 5.64. The maximum atomic E-state index is 5.64. The number of benzene rings is 1. The van der Waals surface area contributed by atoms with E-state index in [4.69, 9.17) is 9.47 Å². The van der Waals surface area contributed by atoms with Crippen molar-refractivity contribution < 1.29 is 9.47 Å². The first-order valence-corrected chi connectivity index (χ1v) is 6.61. The molecule has 2 unspecified atom stereocenters. The number of ether oxygens (including phenoxy) is 2. The second-order valence-electron chi connectivity index (χ2n) is 4.11. The number of alkyl halides is 1. The van der Waals surface area contributed by atoms with Crippen molar-refractivity contribution >= 4 is 15.9 Å². The predicted molar refractivity (Wildman–Crippen MR) is 68.3 cm³/mol. The topological polar surface area (TPSA) is 18.5 Å². The largest absolute Gasteiger partial charge is 0.497 e. The van der Waals surface area contributed by atoms with Crippen molar-refractivity contribution in [3.8, 4) is 5.75 Å². The molecule has 1 aliphatic heterocycles. The van der Waals surface area contributed by atoms with Crippen molar-refractivity contribution in [3.05, 3.63) is 29.8 Å². The van der Waals surface area contributed by atoms with Gasteiger partial charge in [0.1, 0.15) is 5.75 Å². The van der Waals surface area contributed by atoms with Gasteiger partial charge in [0.2, 0.25) is 0 Å². The Balaban J connectivity index is 1.94. The van der Waals surface area contributed by atoms with Crippen LogP contribution < -0.4 is 4.74 Å². The van der Waals surface area contributed by atoms with Gasteiger partial charge < -0.3 is 9.47 Å². The monoisotopic (exact) mass is 284 g/mol. The molecule has 0 N–H and O–H groups in total. The molecule has 88 valence electrons. The van der Waals surface area contributed by atoms with E-state index in [0.717, 1.165) is 18.8 Å². The van der Waals surface area contributed by atoms with E-state index in [1.165, 1.54) is 18.4 Å². The zero-order chi connectivity index (χ0) is 11.4. The van der Waals surface area contributed by atoms with Crippen LogP contribution in [0.15, 0.2) is 24.3 Å². The zero-order valence-corrected chi connectivity index (χ0v) is 11.1. The van der Waals surface area contributed by atoms with Gasteiger partial charge in [0.05, 0.1) is 13.2 Å². The van der Waals surface area contributed by atoms with Crippen LogP contribution in [-0.4, -0.2) is 19.8 Å². The average molecular weight is 285 g/mol. The van der Waals surface area contributed by atoms with Crippen LogP contribution in [0.5, 0.6) is 5.75 Å². The lowest BCUT2D eigenvalue weighted by atomic mass is 10.0. The lowest BCUT2D eigenvalue weighted by Crippen LogP contribution is -2.07. The Morgan fingerprint density at radius 2 is 2.19 bits per heavy atom. The van der Waals surface area contributed by atoms with Gasteiger partial charge in [-0.2, -0.15) is 0 Å². The number of halogens is 1. The highest BCUT2D eigenvalue weighted by Crippen LogP contribution is 2.32. The second kappa shape index (κ2) is 5.69. The van der Waals surface area contributed by atoms with Crippen molar-refractivity contribution in [2.45, 2.75) is 30.2 Å². The highest BCUT2D eigenvalue weighted by molar-refractivity contribution is 9.09. The minimum atomic E-state index is 0.376. The molecule has 0 aliphatic carbocycles. The Morgan fingerprint density at radius 1 is 1.44 bits per heavy atom.